The Morgan fingerprint density at radius 2 is 2.03 bits per heavy atom. The maximum absolute atomic E-state index is 14.2. The fraction of sp³-hybridized carbons (Fsp3) is 0.476. The van der Waals surface area contributed by atoms with Crippen LogP contribution in [0.15, 0.2) is 47.0 Å². The van der Waals surface area contributed by atoms with Crippen LogP contribution >= 0.6 is 11.8 Å². The van der Waals surface area contributed by atoms with Crippen molar-refractivity contribution in [2.75, 3.05) is 0 Å². The minimum Gasteiger partial charge on any atom is -0.393 e. The van der Waals surface area contributed by atoms with Gasteiger partial charge >= 0.3 is 0 Å². The summed E-state index contributed by atoms with van der Waals surface area (Å²) in [5, 5.41) is 12.3. The van der Waals surface area contributed by atoms with E-state index in [4.69, 9.17) is 0 Å². The maximum atomic E-state index is 14.2. The Morgan fingerprint density at radius 1 is 1.34 bits per heavy atom. The van der Waals surface area contributed by atoms with Gasteiger partial charge in [-0.1, -0.05) is 19.4 Å². The summed E-state index contributed by atoms with van der Waals surface area (Å²) in [6.07, 6.45) is 0.751. The standard InChI is InChI=1S/C21H25F4NO2S/c1-12(9-18(24)20(25)13(2)22)26-21(28)14-7-8-17(23)19(10-14)29-16-6-4-3-5-15(27)11-16/h7-8,10,15-16,18,27H,1,3-6,9,11H2,2H3,(H,26,28)/b20-13-/t15-,16?,18?/m1/s1. The Kier molecular flexibility index (Phi) is 8.77. The molecule has 0 saturated heterocycles. The van der Waals surface area contributed by atoms with Gasteiger partial charge in [0.2, 0.25) is 0 Å². The summed E-state index contributed by atoms with van der Waals surface area (Å²) in [6, 6.07) is 3.84. The highest BCUT2D eigenvalue weighted by Crippen LogP contribution is 2.34. The first kappa shape index (κ1) is 23.5. The molecule has 3 nitrogen and oxygen atoms in total. The van der Waals surface area contributed by atoms with Gasteiger partial charge in [0.05, 0.1) is 6.10 Å². The number of aliphatic hydroxyl groups is 1. The molecule has 1 aliphatic rings. The molecule has 0 heterocycles. The van der Waals surface area contributed by atoms with Gasteiger partial charge in [-0.2, -0.15) is 0 Å². The first-order valence-electron chi connectivity index (χ1n) is 9.46. The van der Waals surface area contributed by atoms with Crippen molar-refractivity contribution in [3.63, 3.8) is 0 Å². The van der Waals surface area contributed by atoms with Crippen LogP contribution in [0.4, 0.5) is 17.6 Å². The lowest BCUT2D eigenvalue weighted by atomic mass is 10.1. The molecule has 1 fully saturated rings. The van der Waals surface area contributed by atoms with Gasteiger partial charge in [0.1, 0.15) is 11.6 Å². The third-order valence-electron chi connectivity index (χ3n) is 4.66. The second-order valence-electron chi connectivity index (χ2n) is 7.17. The maximum Gasteiger partial charge on any atom is 0.255 e. The predicted molar refractivity (Wildman–Crippen MR) is 106 cm³/mol. The zero-order valence-corrected chi connectivity index (χ0v) is 17.0. The lowest BCUT2D eigenvalue weighted by Crippen LogP contribution is -2.24. The van der Waals surface area contributed by atoms with Gasteiger partial charge in [-0.25, -0.2) is 17.6 Å². The van der Waals surface area contributed by atoms with Crippen molar-refractivity contribution in [3.05, 3.63) is 53.5 Å². The van der Waals surface area contributed by atoms with E-state index >= 15 is 0 Å². The number of hydrogen-bond acceptors (Lipinski definition) is 3. The molecule has 1 aromatic carbocycles. The Bertz CT molecular complexity index is 780. The molecule has 0 bridgehead atoms. The number of aliphatic hydroxyl groups excluding tert-OH is 1. The quantitative estimate of drug-likeness (QED) is 0.427. The highest BCUT2D eigenvalue weighted by Gasteiger charge is 2.22. The van der Waals surface area contributed by atoms with Crippen LogP contribution in [0, 0.1) is 5.82 Å². The van der Waals surface area contributed by atoms with Crippen molar-refractivity contribution in [1.29, 1.82) is 0 Å². The molecule has 0 spiro atoms. The van der Waals surface area contributed by atoms with E-state index in [-0.39, 0.29) is 21.4 Å². The summed E-state index contributed by atoms with van der Waals surface area (Å²) >= 11 is 1.28. The lowest BCUT2D eigenvalue weighted by Gasteiger charge is -2.17. The van der Waals surface area contributed by atoms with Crippen LogP contribution in [0.5, 0.6) is 0 Å². The molecule has 2 N–H and O–H groups in total. The van der Waals surface area contributed by atoms with Crippen LogP contribution in [0.3, 0.4) is 0 Å². The zero-order chi connectivity index (χ0) is 21.6. The SMILES string of the molecule is C=C(CC(F)/C(F)=C(\C)F)NC(=O)c1ccc(F)c(SC2CCCC[C@@H](O)C2)c1. The van der Waals surface area contributed by atoms with E-state index in [1.165, 1.54) is 30.0 Å². The molecule has 2 unspecified atom stereocenters. The lowest BCUT2D eigenvalue weighted by molar-refractivity contribution is 0.0963. The molecule has 0 aromatic heterocycles. The molecule has 0 aliphatic heterocycles. The average Bonchev–Trinajstić information content (AvgIpc) is 2.86. The van der Waals surface area contributed by atoms with Crippen LogP contribution < -0.4 is 5.32 Å². The number of thioether (sulfide) groups is 1. The van der Waals surface area contributed by atoms with Gasteiger partial charge < -0.3 is 10.4 Å². The number of carbonyl (C=O) groups excluding carboxylic acids is 1. The Balaban J connectivity index is 2.03. The van der Waals surface area contributed by atoms with Crippen LogP contribution in [0.25, 0.3) is 0 Å². The summed E-state index contributed by atoms with van der Waals surface area (Å²) in [4.78, 5) is 12.6. The summed E-state index contributed by atoms with van der Waals surface area (Å²) in [5.74, 6) is -3.92. The van der Waals surface area contributed by atoms with Crippen molar-refractivity contribution in [2.45, 2.75) is 67.9 Å². The zero-order valence-electron chi connectivity index (χ0n) is 16.2. The van der Waals surface area contributed by atoms with E-state index in [0.29, 0.717) is 6.42 Å². The van der Waals surface area contributed by atoms with Gasteiger partial charge in [-0.3, -0.25) is 4.79 Å². The second-order valence-corrected chi connectivity index (χ2v) is 8.51. The number of nitrogens with one attached hydrogen (secondary N) is 1. The van der Waals surface area contributed by atoms with Gasteiger partial charge in [-0.05, 0) is 44.4 Å². The normalized spacial score (nSPS) is 21.7. The van der Waals surface area contributed by atoms with Crippen molar-refractivity contribution in [3.8, 4) is 0 Å². The third-order valence-corrected chi connectivity index (χ3v) is 5.98. The number of rotatable bonds is 7. The topological polar surface area (TPSA) is 49.3 Å². The van der Waals surface area contributed by atoms with Gasteiger partial charge in [0.15, 0.2) is 12.0 Å². The van der Waals surface area contributed by atoms with E-state index < -0.39 is 42.1 Å². The van der Waals surface area contributed by atoms with Gasteiger partial charge in [0, 0.05) is 27.8 Å². The number of halogens is 4. The highest BCUT2D eigenvalue weighted by atomic mass is 32.2. The van der Waals surface area contributed by atoms with Gasteiger partial charge in [-0.15, -0.1) is 11.8 Å². The number of alkyl halides is 1. The summed E-state index contributed by atoms with van der Waals surface area (Å²) in [6.45, 7) is 4.26. The molecule has 160 valence electrons. The summed E-state index contributed by atoms with van der Waals surface area (Å²) in [5.41, 5.74) is 0.0154. The van der Waals surface area contributed by atoms with Gasteiger partial charge in [0.25, 0.3) is 5.91 Å². The van der Waals surface area contributed by atoms with Crippen LogP contribution in [-0.4, -0.2) is 28.5 Å². The number of allylic oxidation sites excluding steroid dienone is 3. The Hall–Kier alpha value is -1.80. The van der Waals surface area contributed by atoms with Crippen molar-refractivity contribution in [1.82, 2.24) is 5.32 Å². The number of amides is 1. The van der Waals surface area contributed by atoms with E-state index in [1.54, 1.807) is 0 Å². The van der Waals surface area contributed by atoms with E-state index in [9.17, 15) is 27.5 Å². The van der Waals surface area contributed by atoms with E-state index in [2.05, 4.69) is 11.9 Å². The van der Waals surface area contributed by atoms with Crippen molar-refractivity contribution >= 4 is 17.7 Å². The molecular formula is C21H25F4NO2S. The number of benzene rings is 1. The van der Waals surface area contributed by atoms with E-state index in [1.807, 2.05) is 0 Å². The molecule has 0 radical (unpaired) electrons. The molecule has 8 heteroatoms. The molecule has 1 aliphatic carbocycles. The molecule has 1 aromatic rings. The largest absolute Gasteiger partial charge is 0.393 e. The first-order valence-corrected chi connectivity index (χ1v) is 10.3. The minimum atomic E-state index is -2.24. The summed E-state index contributed by atoms with van der Waals surface area (Å²) < 4.78 is 53.8. The minimum absolute atomic E-state index is 0.0428. The predicted octanol–water partition coefficient (Wildman–Crippen LogP) is 5.75. The van der Waals surface area contributed by atoms with Crippen molar-refractivity contribution in [2.24, 2.45) is 0 Å². The highest BCUT2D eigenvalue weighted by molar-refractivity contribution is 8.00. The molecule has 29 heavy (non-hydrogen) atoms. The van der Waals surface area contributed by atoms with Crippen LogP contribution in [0.2, 0.25) is 0 Å². The molecule has 2 rings (SSSR count). The summed E-state index contributed by atoms with van der Waals surface area (Å²) in [7, 11) is 0. The molecule has 1 saturated carbocycles. The molecular weight excluding hydrogens is 406 g/mol. The Morgan fingerprint density at radius 3 is 2.72 bits per heavy atom. The molecule has 3 atom stereocenters. The average molecular weight is 431 g/mol. The monoisotopic (exact) mass is 431 g/mol. The fourth-order valence-corrected chi connectivity index (χ4v) is 4.46. The van der Waals surface area contributed by atoms with Crippen molar-refractivity contribution < 1.29 is 27.5 Å². The van der Waals surface area contributed by atoms with E-state index in [0.717, 1.165) is 32.6 Å². The third kappa shape index (κ3) is 7.19. The number of carbonyl (C=O) groups is 1. The molecule has 1 amide bonds. The smallest absolute Gasteiger partial charge is 0.255 e. The first-order chi connectivity index (χ1) is 13.7. The van der Waals surface area contributed by atoms with Crippen LogP contribution in [-0.2, 0) is 0 Å². The van der Waals surface area contributed by atoms with Crippen LogP contribution in [0.1, 0.15) is 55.8 Å². The number of hydrogen-bond donors (Lipinski definition) is 2. The fourth-order valence-electron chi connectivity index (χ4n) is 3.12. The second kappa shape index (κ2) is 10.8. The Labute approximate surface area is 172 Å².